The van der Waals surface area contributed by atoms with Crippen LogP contribution >= 0.6 is 0 Å². The van der Waals surface area contributed by atoms with Gasteiger partial charge in [0.1, 0.15) is 0 Å². The maximum Gasteiger partial charge on any atom is 0.162 e. The Morgan fingerprint density at radius 2 is 2.21 bits per heavy atom. The molecule has 4 nitrogen and oxygen atoms in total. The van der Waals surface area contributed by atoms with Gasteiger partial charge in [0.25, 0.3) is 0 Å². The molecule has 1 saturated carbocycles. The van der Waals surface area contributed by atoms with Gasteiger partial charge in [-0.15, -0.1) is 0 Å². The van der Waals surface area contributed by atoms with Crippen LogP contribution in [0.4, 0.5) is 0 Å². The van der Waals surface area contributed by atoms with Crippen LogP contribution in [-0.2, 0) is 6.54 Å². The predicted molar refractivity (Wildman–Crippen MR) is 74.3 cm³/mol. The van der Waals surface area contributed by atoms with Crippen LogP contribution in [0.5, 0.6) is 11.5 Å². The van der Waals surface area contributed by atoms with Crippen LogP contribution in [0.2, 0.25) is 0 Å². The third-order valence-corrected chi connectivity index (χ3v) is 3.64. The van der Waals surface area contributed by atoms with Gasteiger partial charge < -0.3 is 20.3 Å². The summed E-state index contributed by atoms with van der Waals surface area (Å²) in [6, 6.07) is 5.56. The lowest BCUT2D eigenvalue weighted by Crippen LogP contribution is -2.21. The Kier molecular flexibility index (Phi) is 5.05. The van der Waals surface area contributed by atoms with Crippen molar-refractivity contribution in [1.29, 1.82) is 0 Å². The highest BCUT2D eigenvalue weighted by Crippen LogP contribution is 2.30. The first kappa shape index (κ1) is 14.2. The van der Waals surface area contributed by atoms with E-state index < -0.39 is 0 Å². The molecule has 0 bridgehead atoms. The molecule has 0 heterocycles. The molecule has 2 rings (SSSR count). The van der Waals surface area contributed by atoms with Crippen molar-refractivity contribution in [2.75, 3.05) is 13.2 Å². The fourth-order valence-electron chi connectivity index (χ4n) is 2.63. The number of benzene rings is 1. The maximum atomic E-state index is 10.0. The highest BCUT2D eigenvalue weighted by atomic mass is 16.5. The van der Waals surface area contributed by atoms with Gasteiger partial charge in [0.05, 0.1) is 12.7 Å². The molecule has 0 radical (unpaired) electrons. The molecule has 0 aliphatic heterocycles. The predicted octanol–water partition coefficient (Wildman–Crippen LogP) is 2.04. The van der Waals surface area contributed by atoms with Crippen LogP contribution in [0.25, 0.3) is 0 Å². The van der Waals surface area contributed by atoms with Crippen molar-refractivity contribution >= 4 is 0 Å². The molecule has 1 aliphatic rings. The number of aromatic hydroxyl groups is 1. The van der Waals surface area contributed by atoms with Crippen LogP contribution in [-0.4, -0.2) is 29.5 Å². The van der Waals surface area contributed by atoms with E-state index in [4.69, 9.17) is 4.74 Å². The van der Waals surface area contributed by atoms with Crippen molar-refractivity contribution in [1.82, 2.24) is 5.32 Å². The van der Waals surface area contributed by atoms with Crippen LogP contribution < -0.4 is 10.1 Å². The number of rotatable bonds is 6. The zero-order valence-electron chi connectivity index (χ0n) is 11.4. The highest BCUT2D eigenvalue weighted by molar-refractivity contribution is 5.45. The van der Waals surface area contributed by atoms with Crippen molar-refractivity contribution in [3.8, 4) is 11.5 Å². The Morgan fingerprint density at radius 1 is 1.37 bits per heavy atom. The molecule has 0 amide bonds. The fourth-order valence-corrected chi connectivity index (χ4v) is 2.63. The molecule has 1 fully saturated rings. The normalized spacial score (nSPS) is 22.6. The lowest BCUT2D eigenvalue weighted by molar-refractivity contribution is 0.177. The van der Waals surface area contributed by atoms with Crippen LogP contribution in [0.15, 0.2) is 18.2 Å². The van der Waals surface area contributed by atoms with Crippen molar-refractivity contribution in [2.24, 2.45) is 5.92 Å². The van der Waals surface area contributed by atoms with Gasteiger partial charge in [0.2, 0.25) is 0 Å². The van der Waals surface area contributed by atoms with Gasteiger partial charge in [-0.05, 0) is 44.7 Å². The Balaban J connectivity index is 1.84. The first-order valence-electron chi connectivity index (χ1n) is 7.03. The topological polar surface area (TPSA) is 61.7 Å². The molecule has 106 valence electrons. The molecule has 19 heavy (non-hydrogen) atoms. The van der Waals surface area contributed by atoms with Crippen molar-refractivity contribution < 1.29 is 14.9 Å². The molecule has 0 aromatic heterocycles. The van der Waals surface area contributed by atoms with Crippen LogP contribution in [0.3, 0.4) is 0 Å². The molecular formula is C15H23NO3. The zero-order valence-corrected chi connectivity index (χ0v) is 11.4. The smallest absolute Gasteiger partial charge is 0.162 e. The zero-order chi connectivity index (χ0) is 13.7. The maximum absolute atomic E-state index is 10.0. The number of aliphatic hydroxyl groups excluding tert-OH is 1. The second-order valence-corrected chi connectivity index (χ2v) is 5.16. The first-order valence-corrected chi connectivity index (χ1v) is 7.03. The second-order valence-electron chi connectivity index (χ2n) is 5.16. The summed E-state index contributed by atoms with van der Waals surface area (Å²) in [5.41, 5.74) is 0.851. The Labute approximate surface area is 114 Å². The average Bonchev–Trinajstić information content (AvgIpc) is 2.80. The molecule has 0 saturated heterocycles. The van der Waals surface area contributed by atoms with Gasteiger partial charge in [0, 0.05) is 12.1 Å². The van der Waals surface area contributed by atoms with E-state index >= 15 is 0 Å². The molecule has 0 spiro atoms. The third-order valence-electron chi connectivity index (χ3n) is 3.64. The number of aliphatic hydroxyl groups is 1. The number of phenolic OH excluding ortho intramolecular Hbond substituents is 1. The summed E-state index contributed by atoms with van der Waals surface area (Å²) in [5.74, 6) is 1.31. The standard InChI is InChI=1S/C15H23NO3/c1-2-19-14-5-3-4-12(15(14)18)10-16-9-11-6-7-13(17)8-11/h3-5,11,13,16-18H,2,6-10H2,1H3. The number of phenols is 1. The van der Waals surface area contributed by atoms with E-state index in [0.717, 1.165) is 31.4 Å². The highest BCUT2D eigenvalue weighted by Gasteiger charge is 2.22. The second kappa shape index (κ2) is 6.78. The van der Waals surface area contributed by atoms with Crippen molar-refractivity contribution in [3.63, 3.8) is 0 Å². The van der Waals surface area contributed by atoms with Crippen LogP contribution in [0, 0.1) is 5.92 Å². The van der Waals surface area contributed by atoms with Gasteiger partial charge >= 0.3 is 0 Å². The summed E-state index contributed by atoms with van der Waals surface area (Å²) in [5, 5.41) is 22.9. The third kappa shape index (κ3) is 3.85. The molecule has 1 aliphatic carbocycles. The first-order chi connectivity index (χ1) is 9.20. The lowest BCUT2D eigenvalue weighted by atomic mass is 10.1. The fraction of sp³-hybridized carbons (Fsp3) is 0.600. The van der Waals surface area contributed by atoms with E-state index in [9.17, 15) is 10.2 Å². The van der Waals surface area contributed by atoms with E-state index in [1.807, 2.05) is 19.1 Å². The molecule has 1 aromatic rings. The van der Waals surface area contributed by atoms with Crippen molar-refractivity contribution in [3.05, 3.63) is 23.8 Å². The minimum absolute atomic E-state index is 0.124. The quantitative estimate of drug-likeness (QED) is 0.736. The summed E-state index contributed by atoms with van der Waals surface area (Å²) in [6.07, 6.45) is 2.76. The molecular weight excluding hydrogens is 242 g/mol. The summed E-state index contributed by atoms with van der Waals surface area (Å²) in [4.78, 5) is 0. The number of hydrogen-bond acceptors (Lipinski definition) is 4. The van der Waals surface area contributed by atoms with Crippen molar-refractivity contribution in [2.45, 2.75) is 38.8 Å². The monoisotopic (exact) mass is 265 g/mol. The molecule has 1 aromatic carbocycles. The van der Waals surface area contributed by atoms with Gasteiger partial charge in [-0.25, -0.2) is 0 Å². The minimum Gasteiger partial charge on any atom is -0.504 e. The van der Waals surface area contributed by atoms with E-state index in [2.05, 4.69) is 5.32 Å². The largest absolute Gasteiger partial charge is 0.504 e. The number of para-hydroxylation sites is 1. The summed E-state index contributed by atoms with van der Waals surface area (Å²) in [7, 11) is 0. The Morgan fingerprint density at radius 3 is 2.89 bits per heavy atom. The Bertz CT molecular complexity index is 408. The summed E-state index contributed by atoms with van der Waals surface area (Å²) < 4.78 is 5.36. The average molecular weight is 265 g/mol. The SMILES string of the molecule is CCOc1cccc(CNCC2CCC(O)C2)c1O. The lowest BCUT2D eigenvalue weighted by Gasteiger charge is -2.13. The van der Waals surface area contributed by atoms with E-state index in [1.54, 1.807) is 6.07 Å². The summed E-state index contributed by atoms with van der Waals surface area (Å²) >= 11 is 0. The van der Waals surface area contributed by atoms with Crippen LogP contribution in [0.1, 0.15) is 31.7 Å². The molecule has 2 atom stereocenters. The molecule has 3 N–H and O–H groups in total. The minimum atomic E-state index is -0.124. The van der Waals surface area contributed by atoms with E-state index in [0.29, 0.717) is 24.8 Å². The number of hydrogen-bond donors (Lipinski definition) is 3. The number of nitrogens with one attached hydrogen (secondary N) is 1. The van der Waals surface area contributed by atoms with Gasteiger partial charge in [-0.3, -0.25) is 0 Å². The molecule has 2 unspecified atom stereocenters. The number of ether oxygens (including phenoxy) is 1. The van der Waals surface area contributed by atoms with Gasteiger partial charge in [0.15, 0.2) is 11.5 Å². The van der Waals surface area contributed by atoms with Gasteiger partial charge in [-0.2, -0.15) is 0 Å². The molecule has 4 heteroatoms. The van der Waals surface area contributed by atoms with Gasteiger partial charge in [-0.1, -0.05) is 12.1 Å². The summed E-state index contributed by atoms with van der Waals surface area (Å²) in [6.45, 7) is 3.95. The Hall–Kier alpha value is -1.26. The van der Waals surface area contributed by atoms with E-state index in [1.165, 1.54) is 0 Å². The van der Waals surface area contributed by atoms with E-state index in [-0.39, 0.29) is 11.9 Å².